The van der Waals surface area contributed by atoms with Crippen LogP contribution in [-0.2, 0) is 27.7 Å². The van der Waals surface area contributed by atoms with Gasteiger partial charge in [-0.2, -0.15) is 0 Å². The maximum absolute atomic E-state index is 13.0. The SMILES string of the molecule is CNS(=O)(=O)c1ccc(Cl)cc1.Cc1ccc2c3c(n(-c4ccc(CCNC=O)cc4)c2c1)C(=O)N(C)CC3. The number of fused-ring (bicyclic) bond motifs is 3. The van der Waals surface area contributed by atoms with Crippen LogP contribution in [0.1, 0.15) is 27.2 Å². The summed E-state index contributed by atoms with van der Waals surface area (Å²) in [4.78, 5) is 25.4. The van der Waals surface area contributed by atoms with Crippen LogP contribution in [0.15, 0.2) is 71.6 Å². The molecule has 0 saturated carbocycles. The lowest BCUT2D eigenvalue weighted by Crippen LogP contribution is -2.35. The van der Waals surface area contributed by atoms with Crippen molar-refractivity contribution < 1.29 is 18.0 Å². The van der Waals surface area contributed by atoms with E-state index in [1.807, 2.05) is 7.05 Å². The number of carbonyl (C=O) groups is 2. The summed E-state index contributed by atoms with van der Waals surface area (Å²) in [6.45, 7) is 3.45. The molecule has 2 N–H and O–H groups in total. The predicted octanol–water partition coefficient (Wildman–Crippen LogP) is 4.10. The highest BCUT2D eigenvalue weighted by molar-refractivity contribution is 7.89. The highest BCUT2D eigenvalue weighted by atomic mass is 35.5. The summed E-state index contributed by atoms with van der Waals surface area (Å²) < 4.78 is 26.6. The van der Waals surface area contributed by atoms with Crippen LogP contribution in [0, 0.1) is 6.92 Å². The van der Waals surface area contributed by atoms with Gasteiger partial charge in [0.2, 0.25) is 16.4 Å². The smallest absolute Gasteiger partial charge is 0.270 e. The molecule has 10 heteroatoms. The molecule has 8 nitrogen and oxygen atoms in total. The van der Waals surface area contributed by atoms with Gasteiger partial charge < -0.3 is 14.8 Å². The van der Waals surface area contributed by atoms with Gasteiger partial charge in [-0.15, -0.1) is 0 Å². The van der Waals surface area contributed by atoms with Gasteiger partial charge in [0.25, 0.3) is 5.91 Å². The minimum absolute atomic E-state index is 0.0735. The second-order valence-electron chi connectivity index (χ2n) is 9.31. The van der Waals surface area contributed by atoms with Gasteiger partial charge in [-0.25, -0.2) is 13.1 Å². The van der Waals surface area contributed by atoms with Crippen molar-refractivity contribution in [2.24, 2.45) is 0 Å². The summed E-state index contributed by atoms with van der Waals surface area (Å²) in [5.41, 5.74) is 6.32. The van der Waals surface area contributed by atoms with Gasteiger partial charge in [-0.3, -0.25) is 9.59 Å². The number of halogens is 1. The van der Waals surface area contributed by atoms with E-state index in [9.17, 15) is 18.0 Å². The fourth-order valence-corrected chi connectivity index (χ4v) is 5.45. The van der Waals surface area contributed by atoms with Gasteiger partial charge >= 0.3 is 0 Å². The number of rotatable bonds is 7. The van der Waals surface area contributed by atoms with Crippen molar-refractivity contribution in [3.05, 3.63) is 94.1 Å². The van der Waals surface area contributed by atoms with Crippen molar-refractivity contribution in [3.63, 3.8) is 0 Å². The van der Waals surface area contributed by atoms with E-state index >= 15 is 0 Å². The molecule has 0 radical (unpaired) electrons. The van der Waals surface area contributed by atoms with Crippen molar-refractivity contribution in [3.8, 4) is 5.69 Å². The molecule has 5 rings (SSSR count). The lowest BCUT2D eigenvalue weighted by molar-refractivity contribution is -0.109. The Hall–Kier alpha value is -3.66. The van der Waals surface area contributed by atoms with E-state index in [0.29, 0.717) is 11.6 Å². The highest BCUT2D eigenvalue weighted by Crippen LogP contribution is 2.33. The molecule has 1 aromatic heterocycles. The maximum Gasteiger partial charge on any atom is 0.270 e. The van der Waals surface area contributed by atoms with Gasteiger partial charge in [0, 0.05) is 36.2 Å². The predicted molar refractivity (Wildman–Crippen MR) is 154 cm³/mol. The van der Waals surface area contributed by atoms with Gasteiger partial charge in [0.05, 0.1) is 10.4 Å². The van der Waals surface area contributed by atoms with E-state index in [0.717, 1.165) is 59.2 Å². The molecule has 3 aromatic carbocycles. The molecule has 0 saturated heterocycles. The summed E-state index contributed by atoms with van der Waals surface area (Å²) in [6.07, 6.45) is 2.38. The molecular formula is C29H31ClN4O4S. The Morgan fingerprint density at radius 3 is 2.36 bits per heavy atom. The Kier molecular flexibility index (Phi) is 8.74. The topological polar surface area (TPSA) is 101 Å². The fourth-order valence-electron chi connectivity index (χ4n) is 4.59. The Labute approximate surface area is 233 Å². The van der Waals surface area contributed by atoms with Crippen LogP contribution in [0.25, 0.3) is 16.6 Å². The quantitative estimate of drug-likeness (QED) is 0.260. The number of aryl methyl sites for hydroxylation is 1. The minimum atomic E-state index is -3.32. The first-order valence-electron chi connectivity index (χ1n) is 12.5. The van der Waals surface area contributed by atoms with Crippen molar-refractivity contribution in [2.75, 3.05) is 27.2 Å². The van der Waals surface area contributed by atoms with Crippen molar-refractivity contribution in [1.29, 1.82) is 0 Å². The van der Waals surface area contributed by atoms with E-state index in [1.54, 1.807) is 4.90 Å². The summed E-state index contributed by atoms with van der Waals surface area (Å²) in [5, 5.41) is 4.37. The number of hydrogen-bond acceptors (Lipinski definition) is 4. The standard InChI is InChI=1S/C22H23N3O2.C7H8ClNO2S/c1-15-3-8-18-19-10-12-24(2)22(27)21(19)25(20(18)13-15)17-6-4-16(5-7-17)9-11-23-14-26;1-9-12(10,11)7-4-2-6(8)3-5-7/h3-8,13-14H,9-12H2,1-2H3,(H,23,26);2-5,9H,1H3. The molecule has 2 amide bonds. The van der Waals surface area contributed by atoms with Crippen molar-refractivity contribution in [2.45, 2.75) is 24.7 Å². The zero-order valence-electron chi connectivity index (χ0n) is 22.1. The Bertz CT molecular complexity index is 1600. The third-order valence-electron chi connectivity index (χ3n) is 6.70. The Morgan fingerprint density at radius 1 is 1.03 bits per heavy atom. The lowest BCUT2D eigenvalue weighted by Gasteiger charge is -2.24. The number of amides is 2. The molecule has 4 aromatic rings. The van der Waals surface area contributed by atoms with Gasteiger partial charge in [0.15, 0.2) is 0 Å². The number of likely N-dealkylation sites (N-methyl/N-ethyl adjacent to an activating group) is 1. The molecule has 1 aliphatic rings. The molecule has 0 atom stereocenters. The number of nitrogens with one attached hydrogen (secondary N) is 2. The number of carbonyl (C=O) groups excluding carboxylic acids is 2. The zero-order chi connectivity index (χ0) is 28.2. The maximum atomic E-state index is 13.0. The monoisotopic (exact) mass is 566 g/mol. The van der Waals surface area contributed by atoms with E-state index in [2.05, 4.69) is 64.0 Å². The summed E-state index contributed by atoms with van der Waals surface area (Å²) >= 11 is 5.59. The van der Waals surface area contributed by atoms with Gasteiger partial charge in [-0.05, 0) is 86.0 Å². The number of sulfonamides is 1. The van der Waals surface area contributed by atoms with E-state index in [-0.39, 0.29) is 10.8 Å². The van der Waals surface area contributed by atoms with Crippen molar-refractivity contribution >= 4 is 44.8 Å². The molecule has 0 spiro atoms. The lowest BCUT2D eigenvalue weighted by atomic mass is 10.0. The number of nitrogens with zero attached hydrogens (tertiary/aromatic N) is 2. The highest BCUT2D eigenvalue weighted by Gasteiger charge is 2.29. The third-order valence-corrected chi connectivity index (χ3v) is 8.39. The Morgan fingerprint density at radius 2 is 1.72 bits per heavy atom. The first-order valence-corrected chi connectivity index (χ1v) is 14.4. The van der Waals surface area contributed by atoms with Gasteiger partial charge in [0.1, 0.15) is 5.69 Å². The van der Waals surface area contributed by atoms with Crippen LogP contribution in [0.2, 0.25) is 5.02 Å². The summed E-state index contributed by atoms with van der Waals surface area (Å²) in [7, 11) is -0.0958. The average Bonchev–Trinajstić information content (AvgIpc) is 3.26. The van der Waals surface area contributed by atoms with Crippen LogP contribution >= 0.6 is 11.6 Å². The van der Waals surface area contributed by atoms with E-state index < -0.39 is 10.0 Å². The number of aromatic nitrogens is 1. The first-order chi connectivity index (χ1) is 18.7. The van der Waals surface area contributed by atoms with Gasteiger partial charge in [-0.1, -0.05) is 35.9 Å². The van der Waals surface area contributed by atoms with Crippen LogP contribution in [-0.4, -0.2) is 57.4 Å². The summed E-state index contributed by atoms with van der Waals surface area (Å²) in [6, 6.07) is 20.6. The first kappa shape index (κ1) is 28.4. The largest absolute Gasteiger partial charge is 0.358 e. The average molecular weight is 567 g/mol. The van der Waals surface area contributed by atoms with Crippen LogP contribution in [0.5, 0.6) is 0 Å². The molecule has 0 unspecified atom stereocenters. The summed E-state index contributed by atoms with van der Waals surface area (Å²) in [5.74, 6) is 0.0735. The molecule has 204 valence electrons. The van der Waals surface area contributed by atoms with Crippen LogP contribution < -0.4 is 10.0 Å². The molecule has 0 fully saturated rings. The molecule has 39 heavy (non-hydrogen) atoms. The van der Waals surface area contributed by atoms with Crippen molar-refractivity contribution in [1.82, 2.24) is 19.5 Å². The second kappa shape index (κ2) is 12.0. The van der Waals surface area contributed by atoms with Crippen LogP contribution in [0.4, 0.5) is 0 Å². The molecule has 1 aliphatic heterocycles. The van der Waals surface area contributed by atoms with E-state index in [1.165, 1.54) is 36.9 Å². The normalized spacial score (nSPS) is 13.0. The second-order valence-corrected chi connectivity index (χ2v) is 11.6. The molecular weight excluding hydrogens is 536 g/mol. The zero-order valence-corrected chi connectivity index (χ0v) is 23.6. The minimum Gasteiger partial charge on any atom is -0.358 e. The van der Waals surface area contributed by atoms with Crippen LogP contribution in [0.3, 0.4) is 0 Å². The number of benzene rings is 3. The molecule has 0 bridgehead atoms. The van der Waals surface area contributed by atoms with E-state index in [4.69, 9.17) is 11.6 Å². The number of hydrogen-bond donors (Lipinski definition) is 2. The third kappa shape index (κ3) is 6.16. The Balaban J connectivity index is 0.000000247. The fraction of sp³-hybridized carbons (Fsp3) is 0.241. The molecule has 0 aliphatic carbocycles. The molecule has 2 heterocycles.